The smallest absolute Gasteiger partial charge is 0.267 e. The number of amides is 16. The van der Waals surface area contributed by atoms with Gasteiger partial charge in [-0.3, -0.25) is 76.7 Å². The molecule has 4 aliphatic rings. The highest BCUT2D eigenvalue weighted by molar-refractivity contribution is 6.28. The molecule has 24 heteroatoms. The van der Waals surface area contributed by atoms with E-state index in [1.807, 2.05) is 0 Å². The number of carbonyl (C=O) groups is 16. The lowest BCUT2D eigenvalue weighted by molar-refractivity contribution is -0.152. The zero-order valence-corrected chi connectivity index (χ0v) is 49.0. The van der Waals surface area contributed by atoms with Crippen molar-refractivity contribution in [3.8, 4) is 0 Å². The summed E-state index contributed by atoms with van der Waals surface area (Å²) in [7, 11) is 0. The van der Waals surface area contributed by atoms with Crippen LogP contribution in [0.4, 0.5) is 0 Å². The van der Waals surface area contributed by atoms with E-state index < -0.39 is 94.5 Å². The molecule has 0 radical (unpaired) electrons. The van der Waals surface area contributed by atoms with Crippen molar-refractivity contribution in [2.45, 2.75) is 55.4 Å². The second kappa shape index (κ2) is 26.7. The fourth-order valence-corrected chi connectivity index (χ4v) is 7.97. The van der Waals surface area contributed by atoms with Gasteiger partial charge in [0.1, 0.15) is 0 Å². The van der Waals surface area contributed by atoms with Crippen molar-refractivity contribution in [3.63, 3.8) is 0 Å². The Hall–Kier alpha value is -12.1. The molecule has 0 fully saturated rings. The molecule has 0 bridgehead atoms. The van der Waals surface area contributed by atoms with Crippen LogP contribution in [0.25, 0.3) is 0 Å². The van der Waals surface area contributed by atoms with Gasteiger partial charge in [-0.25, -0.2) is 0 Å². The molecule has 0 unspecified atom stereocenters. The number of nitrogens with zero attached hydrogens (tertiary/aromatic N) is 8. The van der Waals surface area contributed by atoms with Gasteiger partial charge in [0, 0.05) is 44.6 Å². The molecule has 4 aliphatic heterocycles. The second-order valence-electron chi connectivity index (χ2n) is 19.8. The average Bonchev–Trinajstić information content (AvgIpc) is 1.88. The third-order valence-electron chi connectivity index (χ3n) is 12.4. The number of imide groups is 8. The predicted molar refractivity (Wildman–Crippen MR) is 314 cm³/mol. The van der Waals surface area contributed by atoms with Gasteiger partial charge in [0.15, 0.2) is 0 Å². The van der Waals surface area contributed by atoms with E-state index in [4.69, 9.17) is 0 Å². The molecule has 88 heavy (non-hydrogen) atoms. The standard InChI is InChI=1S/4C16H14N2O4/c4*1-9(2)13(19)17(14(20)10(3)4)18-15(21)11-7-5-6-8-12(11)16(18)22/h4*5-8H,1,3H2,2,4H3. The topological polar surface area (TPSA) is 299 Å². The SMILES string of the molecule is C=C(C)C(=O)N(C(=O)C(=C)C)N1C(=O)c2ccccc2C1=O.C=C(C)C(=O)N(C(=O)C(=C)C)N1C(=O)c2ccccc2C1=O.C=C(C)C(=O)N(C(=O)C(=C)C)N1C(=O)c2ccccc2C1=O.C=C(C)C(=O)N(C(=O)C(=C)C)N1C(=O)c2ccccc2C1=O. The summed E-state index contributed by atoms with van der Waals surface area (Å²) >= 11 is 0. The van der Waals surface area contributed by atoms with E-state index in [1.54, 1.807) is 48.5 Å². The third-order valence-corrected chi connectivity index (χ3v) is 12.4. The molecule has 0 saturated carbocycles. The Labute approximate surface area is 503 Å². The van der Waals surface area contributed by atoms with Gasteiger partial charge in [0.2, 0.25) is 0 Å². The Morgan fingerprint density at radius 3 is 0.398 bits per heavy atom. The maximum Gasteiger partial charge on any atom is 0.281 e. The molecule has 16 amide bonds. The molecule has 0 atom stereocenters. The van der Waals surface area contributed by atoms with Crippen molar-refractivity contribution >= 4 is 94.5 Å². The molecule has 4 aromatic rings. The van der Waals surface area contributed by atoms with Gasteiger partial charge in [-0.1, -0.05) is 101 Å². The second-order valence-corrected chi connectivity index (χ2v) is 19.8. The van der Waals surface area contributed by atoms with Gasteiger partial charge in [0.25, 0.3) is 94.5 Å². The summed E-state index contributed by atoms with van der Waals surface area (Å²) in [6.07, 6.45) is 0. The van der Waals surface area contributed by atoms with Crippen LogP contribution < -0.4 is 0 Å². The Morgan fingerprint density at radius 2 is 0.318 bits per heavy atom. The average molecular weight is 1190 g/mol. The number of hydrogen-bond acceptors (Lipinski definition) is 16. The highest BCUT2D eigenvalue weighted by atomic mass is 16.3. The molecule has 0 saturated heterocycles. The number of rotatable bonds is 12. The third kappa shape index (κ3) is 12.7. The monoisotopic (exact) mass is 1190 g/mol. The summed E-state index contributed by atoms with van der Waals surface area (Å²) in [6, 6.07) is 24.5. The predicted octanol–water partition coefficient (Wildman–Crippen LogP) is 6.82. The van der Waals surface area contributed by atoms with E-state index in [9.17, 15) is 76.7 Å². The van der Waals surface area contributed by atoms with Gasteiger partial charge >= 0.3 is 0 Å². The first-order chi connectivity index (χ1) is 41.1. The lowest BCUT2D eigenvalue weighted by atomic mass is 10.1. The summed E-state index contributed by atoms with van der Waals surface area (Å²) in [5.41, 5.74) is 1.28. The fourth-order valence-electron chi connectivity index (χ4n) is 7.97. The zero-order valence-electron chi connectivity index (χ0n) is 49.0. The maximum absolute atomic E-state index is 12.4. The number of hydrogen-bond donors (Lipinski definition) is 0. The van der Waals surface area contributed by atoms with E-state index in [-0.39, 0.29) is 89.1 Å². The van der Waals surface area contributed by atoms with Crippen molar-refractivity contribution in [2.24, 2.45) is 0 Å². The molecular formula is C64H56N8O16. The molecule has 448 valence electrons. The van der Waals surface area contributed by atoms with Gasteiger partial charge < -0.3 is 0 Å². The van der Waals surface area contributed by atoms with Gasteiger partial charge in [0.05, 0.1) is 44.5 Å². The van der Waals surface area contributed by atoms with E-state index in [2.05, 4.69) is 52.6 Å². The van der Waals surface area contributed by atoms with Crippen molar-refractivity contribution in [1.82, 2.24) is 40.1 Å². The van der Waals surface area contributed by atoms with Crippen LogP contribution in [-0.2, 0) is 38.4 Å². The summed E-state index contributed by atoms with van der Waals surface area (Å²) in [5, 5.41) is 4.14. The molecule has 4 heterocycles. The van der Waals surface area contributed by atoms with E-state index in [1.165, 1.54) is 104 Å². The van der Waals surface area contributed by atoms with Crippen LogP contribution in [0.15, 0.2) is 194 Å². The lowest BCUT2D eigenvalue weighted by Gasteiger charge is -2.28. The van der Waals surface area contributed by atoms with Crippen LogP contribution >= 0.6 is 0 Å². The summed E-state index contributed by atoms with van der Waals surface area (Å²) in [4.78, 5) is 197. The Kier molecular flexibility index (Phi) is 20.2. The summed E-state index contributed by atoms with van der Waals surface area (Å²) < 4.78 is 0. The zero-order chi connectivity index (χ0) is 66.4. The van der Waals surface area contributed by atoms with Gasteiger partial charge in [-0.15, -0.1) is 0 Å². The number of hydrazine groups is 4. The minimum absolute atomic E-state index is 0.0196. The molecule has 8 rings (SSSR count). The maximum atomic E-state index is 12.4. The Morgan fingerprint density at radius 1 is 0.227 bits per heavy atom. The van der Waals surface area contributed by atoms with Crippen LogP contribution in [0.2, 0.25) is 0 Å². The minimum Gasteiger partial charge on any atom is -0.267 e. The molecule has 24 nitrogen and oxygen atoms in total. The van der Waals surface area contributed by atoms with Gasteiger partial charge in [-0.05, 0) is 104 Å². The number of fused-ring (bicyclic) bond motifs is 4. The van der Waals surface area contributed by atoms with Gasteiger partial charge in [-0.2, -0.15) is 40.1 Å². The first-order valence-electron chi connectivity index (χ1n) is 25.8. The van der Waals surface area contributed by atoms with Crippen molar-refractivity contribution in [2.75, 3.05) is 0 Å². The number of benzene rings is 4. The summed E-state index contributed by atoms with van der Waals surface area (Å²) in [6.45, 7) is 38.8. The summed E-state index contributed by atoms with van der Waals surface area (Å²) in [5.74, 6) is -12.5. The highest BCUT2D eigenvalue weighted by Crippen LogP contribution is 2.30. The molecule has 0 spiro atoms. The molecule has 0 aromatic heterocycles. The first-order valence-corrected chi connectivity index (χ1v) is 25.8. The van der Waals surface area contributed by atoms with E-state index >= 15 is 0 Å². The first kappa shape index (κ1) is 66.7. The number of carbonyl (C=O) groups excluding carboxylic acids is 16. The van der Waals surface area contributed by atoms with E-state index in [0.29, 0.717) is 40.1 Å². The minimum atomic E-state index is -0.831. The van der Waals surface area contributed by atoms with Crippen molar-refractivity contribution in [3.05, 3.63) is 239 Å². The highest BCUT2D eigenvalue weighted by Gasteiger charge is 2.48. The van der Waals surface area contributed by atoms with Crippen LogP contribution in [-0.4, -0.2) is 135 Å². The molecule has 0 N–H and O–H groups in total. The van der Waals surface area contributed by atoms with Crippen molar-refractivity contribution in [1.29, 1.82) is 0 Å². The molecule has 4 aromatic carbocycles. The Bertz CT molecular complexity index is 3260. The van der Waals surface area contributed by atoms with Crippen LogP contribution in [0.5, 0.6) is 0 Å². The quantitative estimate of drug-likeness (QED) is 0.104. The van der Waals surface area contributed by atoms with E-state index in [0.717, 1.165) is 0 Å². The van der Waals surface area contributed by atoms with Crippen LogP contribution in [0, 0.1) is 0 Å². The Balaban J connectivity index is 0.000000214. The van der Waals surface area contributed by atoms with Crippen LogP contribution in [0.3, 0.4) is 0 Å². The molecular weight excluding hydrogens is 1140 g/mol. The largest absolute Gasteiger partial charge is 0.281 e. The van der Waals surface area contributed by atoms with Crippen LogP contribution in [0.1, 0.15) is 138 Å². The van der Waals surface area contributed by atoms with Crippen molar-refractivity contribution < 1.29 is 76.7 Å². The lowest BCUT2D eigenvalue weighted by Crippen LogP contribution is -2.53. The molecule has 0 aliphatic carbocycles. The normalized spacial score (nSPS) is 12.9. The fraction of sp³-hybridized carbons (Fsp3) is 0.125.